The molecule has 2 nitrogen and oxygen atoms in total. The molecule has 18 heavy (non-hydrogen) atoms. The Labute approximate surface area is 114 Å². The number of nitrogens with zero attached hydrogens (tertiary/aromatic N) is 1. The molecule has 0 bridgehead atoms. The number of hydrogen-bond acceptors (Lipinski definition) is 2. The van der Waals surface area contributed by atoms with Gasteiger partial charge in [0, 0.05) is 18.6 Å². The van der Waals surface area contributed by atoms with Crippen molar-refractivity contribution < 1.29 is 0 Å². The maximum absolute atomic E-state index is 3.74. The summed E-state index contributed by atoms with van der Waals surface area (Å²) in [6, 6.07) is 1.52. The van der Waals surface area contributed by atoms with Crippen LogP contribution in [0.15, 0.2) is 0 Å². The molecule has 2 rings (SSSR count). The summed E-state index contributed by atoms with van der Waals surface area (Å²) in [7, 11) is 0. The first-order valence-corrected chi connectivity index (χ1v) is 8.03. The van der Waals surface area contributed by atoms with Crippen LogP contribution in [0.3, 0.4) is 0 Å². The fourth-order valence-corrected chi connectivity index (χ4v) is 3.93. The van der Waals surface area contributed by atoms with E-state index in [2.05, 4.69) is 37.9 Å². The van der Waals surface area contributed by atoms with Crippen molar-refractivity contribution >= 4 is 0 Å². The molecule has 1 N–H and O–H groups in total. The van der Waals surface area contributed by atoms with Gasteiger partial charge >= 0.3 is 0 Å². The van der Waals surface area contributed by atoms with Crippen LogP contribution in [-0.2, 0) is 0 Å². The topological polar surface area (TPSA) is 15.3 Å². The fraction of sp³-hybridized carbons (Fsp3) is 1.00. The Hall–Kier alpha value is -0.0800. The monoisotopic (exact) mass is 252 g/mol. The van der Waals surface area contributed by atoms with E-state index in [4.69, 9.17) is 0 Å². The molecular weight excluding hydrogens is 220 g/mol. The average molecular weight is 252 g/mol. The number of likely N-dealkylation sites (tertiary alicyclic amines) is 1. The van der Waals surface area contributed by atoms with E-state index in [0.717, 1.165) is 24.5 Å². The van der Waals surface area contributed by atoms with Crippen LogP contribution in [0.5, 0.6) is 0 Å². The summed E-state index contributed by atoms with van der Waals surface area (Å²) >= 11 is 0. The van der Waals surface area contributed by atoms with Gasteiger partial charge in [-0.05, 0) is 50.1 Å². The highest BCUT2D eigenvalue weighted by atomic mass is 15.2. The quantitative estimate of drug-likeness (QED) is 0.826. The van der Waals surface area contributed by atoms with Crippen LogP contribution in [0.2, 0.25) is 0 Å². The minimum atomic E-state index is 0.543. The first kappa shape index (κ1) is 14.3. The van der Waals surface area contributed by atoms with Gasteiger partial charge in [0.1, 0.15) is 0 Å². The molecular formula is C16H32N2. The highest BCUT2D eigenvalue weighted by Crippen LogP contribution is 2.39. The van der Waals surface area contributed by atoms with Crippen LogP contribution >= 0.6 is 0 Å². The van der Waals surface area contributed by atoms with Gasteiger partial charge < -0.3 is 5.32 Å². The minimum absolute atomic E-state index is 0.543. The average Bonchev–Trinajstić information content (AvgIpc) is 2.80. The summed E-state index contributed by atoms with van der Waals surface area (Å²) in [5, 5.41) is 3.74. The van der Waals surface area contributed by atoms with Crippen molar-refractivity contribution in [3.63, 3.8) is 0 Å². The van der Waals surface area contributed by atoms with E-state index in [0.29, 0.717) is 5.41 Å². The number of hydrogen-bond donors (Lipinski definition) is 1. The second kappa shape index (κ2) is 5.92. The van der Waals surface area contributed by atoms with Gasteiger partial charge in [-0.1, -0.05) is 34.1 Å². The van der Waals surface area contributed by atoms with Crippen LogP contribution in [-0.4, -0.2) is 36.6 Å². The third-order valence-electron chi connectivity index (χ3n) is 5.19. The summed E-state index contributed by atoms with van der Waals surface area (Å²) < 4.78 is 0. The standard InChI is InChI=1S/C16H32N2/c1-5-13-8-10-18(12-13)15-11-16(3,4)9-7-14(15)17-6-2/h13-15,17H,5-12H2,1-4H3. The molecule has 106 valence electrons. The zero-order valence-corrected chi connectivity index (χ0v) is 12.8. The van der Waals surface area contributed by atoms with Crippen molar-refractivity contribution in [1.29, 1.82) is 0 Å². The van der Waals surface area contributed by atoms with Gasteiger partial charge in [0.15, 0.2) is 0 Å². The maximum Gasteiger partial charge on any atom is 0.0254 e. The van der Waals surface area contributed by atoms with Crippen molar-refractivity contribution in [2.45, 2.75) is 71.9 Å². The van der Waals surface area contributed by atoms with Crippen LogP contribution in [0.1, 0.15) is 59.8 Å². The molecule has 1 aliphatic heterocycles. The number of likely N-dealkylation sites (N-methyl/N-ethyl adjacent to an activating group) is 1. The predicted molar refractivity (Wildman–Crippen MR) is 78.9 cm³/mol. The molecule has 0 radical (unpaired) electrons. The third-order valence-corrected chi connectivity index (χ3v) is 5.19. The molecule has 1 saturated carbocycles. The molecule has 0 amide bonds. The van der Waals surface area contributed by atoms with Crippen LogP contribution < -0.4 is 5.32 Å². The third kappa shape index (κ3) is 3.27. The van der Waals surface area contributed by atoms with Crippen LogP contribution in [0.4, 0.5) is 0 Å². The Morgan fingerprint density at radius 3 is 2.61 bits per heavy atom. The first-order chi connectivity index (χ1) is 8.55. The normalized spacial score (nSPS) is 37.0. The summed E-state index contributed by atoms with van der Waals surface area (Å²) in [4.78, 5) is 2.79. The number of nitrogens with one attached hydrogen (secondary N) is 1. The van der Waals surface area contributed by atoms with E-state index in [1.54, 1.807) is 0 Å². The van der Waals surface area contributed by atoms with Crippen molar-refractivity contribution in [3.8, 4) is 0 Å². The molecule has 0 aromatic rings. The lowest BCUT2D eigenvalue weighted by Gasteiger charge is -2.45. The Morgan fingerprint density at radius 2 is 2.00 bits per heavy atom. The Morgan fingerprint density at radius 1 is 1.22 bits per heavy atom. The van der Waals surface area contributed by atoms with Crippen LogP contribution in [0.25, 0.3) is 0 Å². The van der Waals surface area contributed by atoms with Gasteiger partial charge in [0.05, 0.1) is 0 Å². The second-order valence-electron chi connectivity index (χ2n) is 7.20. The molecule has 0 aromatic heterocycles. The summed E-state index contributed by atoms with van der Waals surface area (Å²) in [5.74, 6) is 0.956. The second-order valence-corrected chi connectivity index (χ2v) is 7.20. The SMILES string of the molecule is CCNC1CCC(C)(C)CC1N1CCC(CC)C1. The Kier molecular flexibility index (Phi) is 4.71. The number of rotatable bonds is 4. The molecule has 0 aromatic carbocycles. The van der Waals surface area contributed by atoms with Gasteiger partial charge in [0.25, 0.3) is 0 Å². The lowest BCUT2D eigenvalue weighted by Crippen LogP contribution is -2.54. The minimum Gasteiger partial charge on any atom is -0.313 e. The zero-order valence-electron chi connectivity index (χ0n) is 12.8. The van der Waals surface area contributed by atoms with Gasteiger partial charge in [-0.15, -0.1) is 0 Å². The Balaban J connectivity index is 2.01. The zero-order chi connectivity index (χ0) is 13.2. The lowest BCUT2D eigenvalue weighted by atomic mass is 9.72. The molecule has 2 heteroatoms. The predicted octanol–water partition coefficient (Wildman–Crippen LogP) is 3.28. The van der Waals surface area contributed by atoms with Crippen molar-refractivity contribution in [2.24, 2.45) is 11.3 Å². The van der Waals surface area contributed by atoms with Gasteiger partial charge in [-0.25, -0.2) is 0 Å². The lowest BCUT2D eigenvalue weighted by molar-refractivity contribution is 0.0787. The molecule has 3 unspecified atom stereocenters. The molecule has 0 spiro atoms. The van der Waals surface area contributed by atoms with Crippen molar-refractivity contribution in [1.82, 2.24) is 10.2 Å². The summed E-state index contributed by atoms with van der Waals surface area (Å²) in [6.45, 7) is 13.3. The highest BCUT2D eigenvalue weighted by Gasteiger charge is 2.39. The van der Waals surface area contributed by atoms with Crippen molar-refractivity contribution in [3.05, 3.63) is 0 Å². The Bertz CT molecular complexity index is 262. The van der Waals surface area contributed by atoms with E-state index in [9.17, 15) is 0 Å². The van der Waals surface area contributed by atoms with E-state index < -0.39 is 0 Å². The van der Waals surface area contributed by atoms with Gasteiger partial charge in [0.2, 0.25) is 0 Å². The summed E-state index contributed by atoms with van der Waals surface area (Å²) in [6.07, 6.45) is 6.90. The maximum atomic E-state index is 3.74. The van der Waals surface area contributed by atoms with Crippen molar-refractivity contribution in [2.75, 3.05) is 19.6 Å². The molecule has 2 aliphatic rings. The van der Waals surface area contributed by atoms with E-state index in [1.807, 2.05) is 0 Å². The van der Waals surface area contributed by atoms with E-state index in [-0.39, 0.29) is 0 Å². The van der Waals surface area contributed by atoms with Crippen LogP contribution in [0, 0.1) is 11.3 Å². The molecule has 2 fully saturated rings. The molecule has 1 heterocycles. The fourth-order valence-electron chi connectivity index (χ4n) is 3.93. The highest BCUT2D eigenvalue weighted by molar-refractivity contribution is 4.96. The van der Waals surface area contributed by atoms with Gasteiger partial charge in [-0.2, -0.15) is 0 Å². The smallest absolute Gasteiger partial charge is 0.0254 e. The van der Waals surface area contributed by atoms with E-state index >= 15 is 0 Å². The largest absolute Gasteiger partial charge is 0.313 e. The molecule has 3 atom stereocenters. The molecule has 1 aliphatic carbocycles. The van der Waals surface area contributed by atoms with E-state index in [1.165, 1.54) is 45.2 Å². The van der Waals surface area contributed by atoms with Gasteiger partial charge in [-0.3, -0.25) is 4.90 Å². The first-order valence-electron chi connectivity index (χ1n) is 8.03. The molecule has 1 saturated heterocycles. The summed E-state index contributed by atoms with van der Waals surface area (Å²) in [5.41, 5.74) is 0.543.